The Balaban J connectivity index is 2.12. The number of amides is 1. The third-order valence-electron chi connectivity index (χ3n) is 3.43. The molecule has 2 N–H and O–H groups in total. The van der Waals surface area contributed by atoms with Gasteiger partial charge in [0.1, 0.15) is 0 Å². The molecule has 2 aromatic rings. The SMILES string of the molecule is NC1CCCN(c2cccc3cc(Br)cnc23)C1=O. The molecule has 98 valence electrons. The summed E-state index contributed by atoms with van der Waals surface area (Å²) in [4.78, 5) is 18.4. The molecule has 4 nitrogen and oxygen atoms in total. The highest BCUT2D eigenvalue weighted by molar-refractivity contribution is 9.10. The lowest BCUT2D eigenvalue weighted by molar-refractivity contribution is -0.120. The second kappa shape index (κ2) is 4.90. The Labute approximate surface area is 119 Å². The van der Waals surface area contributed by atoms with Crippen LogP contribution in [0.4, 0.5) is 5.69 Å². The number of carbonyl (C=O) groups excluding carboxylic acids is 1. The molecule has 2 heterocycles. The van der Waals surface area contributed by atoms with Crippen molar-refractivity contribution >= 4 is 38.4 Å². The Morgan fingerprint density at radius 2 is 2.26 bits per heavy atom. The lowest BCUT2D eigenvalue weighted by Gasteiger charge is -2.30. The Hall–Kier alpha value is -1.46. The summed E-state index contributed by atoms with van der Waals surface area (Å²) in [6.07, 6.45) is 3.44. The quantitative estimate of drug-likeness (QED) is 0.878. The van der Waals surface area contributed by atoms with Crippen LogP contribution < -0.4 is 10.6 Å². The molecule has 19 heavy (non-hydrogen) atoms. The molecule has 1 unspecified atom stereocenters. The van der Waals surface area contributed by atoms with E-state index < -0.39 is 0 Å². The number of piperidine rings is 1. The van der Waals surface area contributed by atoms with E-state index in [1.54, 1.807) is 11.1 Å². The molecule has 0 bridgehead atoms. The summed E-state index contributed by atoms with van der Waals surface area (Å²) in [6.45, 7) is 0.712. The van der Waals surface area contributed by atoms with Gasteiger partial charge >= 0.3 is 0 Å². The average Bonchev–Trinajstić information content (AvgIpc) is 2.41. The van der Waals surface area contributed by atoms with E-state index in [2.05, 4.69) is 20.9 Å². The number of carbonyl (C=O) groups is 1. The summed E-state index contributed by atoms with van der Waals surface area (Å²) in [5.41, 5.74) is 7.55. The van der Waals surface area contributed by atoms with Gasteiger partial charge in [0, 0.05) is 22.6 Å². The Bertz CT molecular complexity index is 644. The first-order valence-electron chi connectivity index (χ1n) is 6.28. The minimum absolute atomic E-state index is 0.0107. The molecule has 1 fully saturated rings. The van der Waals surface area contributed by atoms with Crippen molar-refractivity contribution in [3.8, 4) is 0 Å². The van der Waals surface area contributed by atoms with Gasteiger partial charge in [-0.15, -0.1) is 0 Å². The van der Waals surface area contributed by atoms with Crippen molar-refractivity contribution in [2.45, 2.75) is 18.9 Å². The number of rotatable bonds is 1. The fourth-order valence-corrected chi connectivity index (χ4v) is 2.83. The van der Waals surface area contributed by atoms with Gasteiger partial charge in [-0.25, -0.2) is 0 Å². The van der Waals surface area contributed by atoms with E-state index in [0.717, 1.165) is 33.9 Å². The van der Waals surface area contributed by atoms with Crippen molar-refractivity contribution in [2.75, 3.05) is 11.4 Å². The van der Waals surface area contributed by atoms with Crippen LogP contribution in [-0.2, 0) is 4.79 Å². The number of benzene rings is 1. The molecule has 1 aliphatic heterocycles. The maximum atomic E-state index is 12.2. The zero-order valence-electron chi connectivity index (χ0n) is 10.3. The van der Waals surface area contributed by atoms with E-state index in [9.17, 15) is 4.79 Å². The van der Waals surface area contributed by atoms with Crippen LogP contribution in [0.5, 0.6) is 0 Å². The van der Waals surface area contributed by atoms with E-state index in [1.807, 2.05) is 24.3 Å². The second-order valence-corrected chi connectivity index (χ2v) is 5.66. The predicted molar refractivity (Wildman–Crippen MR) is 79.0 cm³/mol. The van der Waals surface area contributed by atoms with Crippen molar-refractivity contribution < 1.29 is 4.79 Å². The highest BCUT2D eigenvalue weighted by Gasteiger charge is 2.27. The van der Waals surface area contributed by atoms with E-state index in [1.165, 1.54) is 0 Å². The topological polar surface area (TPSA) is 59.2 Å². The largest absolute Gasteiger partial charge is 0.320 e. The second-order valence-electron chi connectivity index (χ2n) is 4.74. The number of pyridine rings is 1. The van der Waals surface area contributed by atoms with Crippen LogP contribution in [0.25, 0.3) is 10.9 Å². The number of nitrogens with zero attached hydrogens (tertiary/aromatic N) is 2. The first-order valence-corrected chi connectivity index (χ1v) is 7.07. The van der Waals surface area contributed by atoms with Gasteiger partial charge in [-0.05, 0) is 40.9 Å². The normalized spacial score (nSPS) is 20.0. The molecular formula is C14H14BrN3O. The molecule has 1 aromatic heterocycles. The van der Waals surface area contributed by atoms with Crippen LogP contribution in [-0.4, -0.2) is 23.5 Å². The Kier molecular flexibility index (Phi) is 3.24. The summed E-state index contributed by atoms with van der Waals surface area (Å²) in [5, 5.41) is 1.01. The number of hydrogen-bond donors (Lipinski definition) is 1. The Morgan fingerprint density at radius 3 is 3.11 bits per heavy atom. The molecule has 0 spiro atoms. The van der Waals surface area contributed by atoms with Crippen LogP contribution in [0.2, 0.25) is 0 Å². The number of aromatic nitrogens is 1. The monoisotopic (exact) mass is 319 g/mol. The number of halogens is 1. The maximum Gasteiger partial charge on any atom is 0.243 e. The lowest BCUT2D eigenvalue weighted by Crippen LogP contribution is -2.48. The van der Waals surface area contributed by atoms with Gasteiger partial charge in [-0.1, -0.05) is 12.1 Å². The molecule has 1 aromatic carbocycles. The van der Waals surface area contributed by atoms with E-state index in [-0.39, 0.29) is 11.9 Å². The van der Waals surface area contributed by atoms with Crippen molar-refractivity contribution in [3.05, 3.63) is 34.9 Å². The van der Waals surface area contributed by atoms with E-state index in [4.69, 9.17) is 5.73 Å². The van der Waals surface area contributed by atoms with Crippen LogP contribution in [0.3, 0.4) is 0 Å². The summed E-state index contributed by atoms with van der Waals surface area (Å²) in [6, 6.07) is 7.48. The highest BCUT2D eigenvalue weighted by Crippen LogP contribution is 2.29. The molecule has 1 atom stereocenters. The number of anilines is 1. The number of para-hydroxylation sites is 1. The molecule has 1 aliphatic rings. The zero-order valence-corrected chi connectivity index (χ0v) is 11.9. The third-order valence-corrected chi connectivity index (χ3v) is 3.86. The molecular weight excluding hydrogens is 306 g/mol. The van der Waals surface area contributed by atoms with Gasteiger partial charge in [0.2, 0.25) is 5.91 Å². The Morgan fingerprint density at radius 1 is 1.42 bits per heavy atom. The molecule has 5 heteroatoms. The summed E-state index contributed by atoms with van der Waals surface area (Å²) < 4.78 is 0.929. The molecule has 0 aliphatic carbocycles. The van der Waals surface area contributed by atoms with Crippen LogP contribution in [0.1, 0.15) is 12.8 Å². The first-order chi connectivity index (χ1) is 9.16. The lowest BCUT2D eigenvalue weighted by atomic mass is 10.0. The minimum atomic E-state index is -0.389. The molecule has 3 rings (SSSR count). The van der Waals surface area contributed by atoms with E-state index in [0.29, 0.717) is 6.54 Å². The fraction of sp³-hybridized carbons (Fsp3) is 0.286. The van der Waals surface area contributed by atoms with E-state index >= 15 is 0 Å². The average molecular weight is 320 g/mol. The maximum absolute atomic E-state index is 12.2. The summed E-state index contributed by atoms with van der Waals surface area (Å²) >= 11 is 3.41. The van der Waals surface area contributed by atoms with Crippen molar-refractivity contribution in [3.63, 3.8) is 0 Å². The number of hydrogen-bond acceptors (Lipinski definition) is 3. The molecule has 1 saturated heterocycles. The minimum Gasteiger partial charge on any atom is -0.320 e. The van der Waals surface area contributed by atoms with Gasteiger partial charge in [0.05, 0.1) is 17.2 Å². The smallest absolute Gasteiger partial charge is 0.243 e. The van der Waals surface area contributed by atoms with Crippen LogP contribution >= 0.6 is 15.9 Å². The molecule has 1 amide bonds. The predicted octanol–water partition coefficient (Wildman–Crippen LogP) is 2.45. The van der Waals surface area contributed by atoms with Gasteiger partial charge in [-0.3, -0.25) is 9.78 Å². The molecule has 0 radical (unpaired) electrons. The van der Waals surface area contributed by atoms with Gasteiger partial charge in [0.25, 0.3) is 0 Å². The number of fused-ring (bicyclic) bond motifs is 1. The molecule has 0 saturated carbocycles. The fourth-order valence-electron chi connectivity index (χ4n) is 2.48. The standard InChI is InChI=1S/C14H14BrN3O/c15-10-7-9-3-1-5-12(13(9)17-8-10)18-6-2-4-11(16)14(18)19/h1,3,5,7-8,11H,2,4,6,16H2. The van der Waals surface area contributed by atoms with Crippen LogP contribution in [0.15, 0.2) is 34.9 Å². The van der Waals surface area contributed by atoms with Crippen molar-refractivity contribution in [1.29, 1.82) is 0 Å². The summed E-state index contributed by atoms with van der Waals surface area (Å²) in [7, 11) is 0. The highest BCUT2D eigenvalue weighted by atomic mass is 79.9. The number of nitrogens with two attached hydrogens (primary N) is 1. The van der Waals surface area contributed by atoms with Crippen molar-refractivity contribution in [2.24, 2.45) is 5.73 Å². The first kappa shape index (κ1) is 12.6. The van der Waals surface area contributed by atoms with Gasteiger partial charge < -0.3 is 10.6 Å². The third kappa shape index (κ3) is 2.24. The van der Waals surface area contributed by atoms with Gasteiger partial charge in [-0.2, -0.15) is 0 Å². The van der Waals surface area contributed by atoms with Crippen LogP contribution in [0, 0.1) is 0 Å². The van der Waals surface area contributed by atoms with Gasteiger partial charge in [0.15, 0.2) is 0 Å². The zero-order chi connectivity index (χ0) is 13.4. The summed E-state index contributed by atoms with van der Waals surface area (Å²) in [5.74, 6) is -0.0107. The van der Waals surface area contributed by atoms with Crippen molar-refractivity contribution in [1.82, 2.24) is 4.98 Å².